The Morgan fingerprint density at radius 2 is 2.14 bits per heavy atom. The lowest BCUT2D eigenvalue weighted by molar-refractivity contribution is 0.375. The molecule has 1 aromatic carbocycles. The van der Waals surface area contributed by atoms with E-state index in [1.54, 1.807) is 18.2 Å². The smallest absolute Gasteiger partial charge is 0.258 e. The molecule has 1 unspecified atom stereocenters. The number of aromatic amines is 1. The van der Waals surface area contributed by atoms with E-state index in [4.69, 9.17) is 33.7 Å². The highest BCUT2D eigenvalue weighted by molar-refractivity contribution is 6.42. The van der Waals surface area contributed by atoms with Crippen molar-refractivity contribution in [2.75, 3.05) is 0 Å². The van der Waals surface area contributed by atoms with Crippen molar-refractivity contribution in [3.63, 3.8) is 0 Å². The Balaban J connectivity index is 2.30. The van der Waals surface area contributed by atoms with Crippen molar-refractivity contribution >= 4 is 23.2 Å². The maximum Gasteiger partial charge on any atom is 0.258 e. The first-order valence-electron chi connectivity index (χ1n) is 6.13. The number of fused-ring (bicyclic) bond motifs is 1. The van der Waals surface area contributed by atoms with Crippen molar-refractivity contribution in [3.05, 3.63) is 67.5 Å². The average Bonchev–Trinajstić information content (AvgIpc) is 2.49. The molecule has 0 saturated heterocycles. The van der Waals surface area contributed by atoms with Crippen molar-refractivity contribution in [3.8, 4) is 11.9 Å². The van der Waals surface area contributed by atoms with Crippen molar-refractivity contribution < 1.29 is 4.74 Å². The number of nitrogens with zero attached hydrogens (tertiary/aromatic N) is 2. The van der Waals surface area contributed by atoms with Crippen LogP contribution in [0.5, 0.6) is 5.88 Å². The molecule has 22 heavy (non-hydrogen) atoms. The third-order valence-electron chi connectivity index (χ3n) is 3.30. The van der Waals surface area contributed by atoms with E-state index >= 15 is 0 Å². The summed E-state index contributed by atoms with van der Waals surface area (Å²) in [6, 6.07) is 6.82. The topological polar surface area (TPSA) is 105 Å². The Kier molecular flexibility index (Phi) is 3.53. The second-order valence-corrected chi connectivity index (χ2v) is 5.36. The van der Waals surface area contributed by atoms with Crippen LogP contribution in [-0.2, 0) is 0 Å². The highest BCUT2D eigenvalue weighted by Crippen LogP contribution is 2.40. The second kappa shape index (κ2) is 5.37. The summed E-state index contributed by atoms with van der Waals surface area (Å²) in [6.45, 7) is 0. The molecule has 0 spiro atoms. The molecule has 1 atom stereocenters. The monoisotopic (exact) mass is 334 g/mol. The predicted octanol–water partition coefficient (Wildman–Crippen LogP) is 2.29. The van der Waals surface area contributed by atoms with Gasteiger partial charge in [0, 0.05) is 0 Å². The Labute approximate surface area is 134 Å². The molecule has 0 aliphatic carbocycles. The van der Waals surface area contributed by atoms with Crippen LogP contribution >= 0.6 is 23.2 Å². The van der Waals surface area contributed by atoms with Gasteiger partial charge in [-0.3, -0.25) is 4.79 Å². The van der Waals surface area contributed by atoms with Crippen molar-refractivity contribution in [1.82, 2.24) is 9.97 Å². The summed E-state index contributed by atoms with van der Waals surface area (Å²) < 4.78 is 5.27. The Morgan fingerprint density at radius 1 is 1.36 bits per heavy atom. The van der Waals surface area contributed by atoms with Crippen LogP contribution in [0, 0.1) is 11.3 Å². The van der Waals surface area contributed by atoms with Gasteiger partial charge in [-0.05, 0) is 17.7 Å². The van der Waals surface area contributed by atoms with Crippen LogP contribution in [-0.4, -0.2) is 9.97 Å². The van der Waals surface area contributed by atoms with Crippen molar-refractivity contribution in [2.45, 2.75) is 5.92 Å². The van der Waals surface area contributed by atoms with Gasteiger partial charge in [0.05, 0.1) is 27.9 Å². The van der Waals surface area contributed by atoms with Crippen LogP contribution < -0.4 is 16.0 Å². The number of ether oxygens (including phenoxy) is 1. The minimum Gasteiger partial charge on any atom is -0.422 e. The van der Waals surface area contributed by atoms with Crippen LogP contribution in [0.2, 0.25) is 10.0 Å². The Hall–Kier alpha value is -2.49. The number of H-pyrrole nitrogens is 1. The SMILES string of the molecule is N#CC1=C(N)Oc2nc[nH]c(=O)c2C1c1ccc(Cl)c(Cl)c1. The molecule has 2 heterocycles. The molecule has 0 bridgehead atoms. The number of benzene rings is 1. The third-order valence-corrected chi connectivity index (χ3v) is 4.04. The minimum absolute atomic E-state index is 0.0660. The van der Waals surface area contributed by atoms with E-state index in [1.165, 1.54) is 6.33 Å². The molecule has 1 aromatic heterocycles. The molecule has 2 aromatic rings. The van der Waals surface area contributed by atoms with Crippen LogP contribution in [0.15, 0.2) is 40.8 Å². The zero-order chi connectivity index (χ0) is 15.9. The number of hydrogen-bond donors (Lipinski definition) is 2. The number of allylic oxidation sites excluding steroid dienone is 1. The van der Waals surface area contributed by atoms with Crippen LogP contribution in [0.3, 0.4) is 0 Å². The molecule has 110 valence electrons. The number of aromatic nitrogens is 2. The highest BCUT2D eigenvalue weighted by Gasteiger charge is 2.34. The van der Waals surface area contributed by atoms with E-state index < -0.39 is 11.5 Å². The molecule has 8 heteroatoms. The summed E-state index contributed by atoms with van der Waals surface area (Å²) in [5, 5.41) is 10.1. The lowest BCUT2D eigenvalue weighted by Crippen LogP contribution is -2.28. The Bertz CT molecular complexity index is 898. The number of rotatable bonds is 1. The van der Waals surface area contributed by atoms with E-state index in [9.17, 15) is 10.1 Å². The average molecular weight is 335 g/mol. The van der Waals surface area contributed by atoms with Gasteiger partial charge in [-0.1, -0.05) is 29.3 Å². The van der Waals surface area contributed by atoms with Gasteiger partial charge in [0.15, 0.2) is 0 Å². The van der Waals surface area contributed by atoms with E-state index in [0.717, 1.165) is 0 Å². The molecule has 1 aliphatic heterocycles. The largest absolute Gasteiger partial charge is 0.422 e. The molecular formula is C14H8Cl2N4O2. The van der Waals surface area contributed by atoms with Crippen LogP contribution in [0.25, 0.3) is 0 Å². The van der Waals surface area contributed by atoms with Gasteiger partial charge in [0.2, 0.25) is 11.8 Å². The predicted molar refractivity (Wildman–Crippen MR) is 80.6 cm³/mol. The molecule has 3 N–H and O–H groups in total. The summed E-state index contributed by atoms with van der Waals surface area (Å²) in [7, 11) is 0. The molecule has 0 radical (unpaired) electrons. The lowest BCUT2D eigenvalue weighted by atomic mass is 9.85. The van der Waals surface area contributed by atoms with Gasteiger partial charge in [-0.25, -0.2) is 4.98 Å². The fourth-order valence-corrected chi connectivity index (χ4v) is 2.63. The third kappa shape index (κ3) is 2.21. The number of halogens is 2. The summed E-state index contributed by atoms with van der Waals surface area (Å²) in [6.07, 6.45) is 1.21. The molecule has 0 saturated carbocycles. The maximum absolute atomic E-state index is 12.2. The van der Waals surface area contributed by atoms with E-state index in [-0.39, 0.29) is 22.9 Å². The van der Waals surface area contributed by atoms with Crippen LogP contribution in [0.4, 0.5) is 0 Å². The maximum atomic E-state index is 12.2. The summed E-state index contributed by atoms with van der Waals surface area (Å²) >= 11 is 11.9. The quantitative estimate of drug-likeness (QED) is 0.832. The molecule has 3 rings (SSSR count). The van der Waals surface area contributed by atoms with Gasteiger partial charge in [-0.2, -0.15) is 5.26 Å². The summed E-state index contributed by atoms with van der Waals surface area (Å²) in [5.41, 5.74) is 6.27. The van der Waals surface area contributed by atoms with Gasteiger partial charge < -0.3 is 15.5 Å². The van der Waals surface area contributed by atoms with Crippen molar-refractivity contribution in [2.24, 2.45) is 5.73 Å². The molecule has 0 amide bonds. The van der Waals surface area contributed by atoms with Gasteiger partial charge in [-0.15, -0.1) is 0 Å². The number of nitrogens with one attached hydrogen (secondary N) is 1. The molecular weight excluding hydrogens is 327 g/mol. The molecule has 6 nitrogen and oxygen atoms in total. The van der Waals surface area contributed by atoms with Crippen molar-refractivity contribution in [1.29, 1.82) is 5.26 Å². The molecule has 1 aliphatic rings. The lowest BCUT2D eigenvalue weighted by Gasteiger charge is -2.24. The van der Waals surface area contributed by atoms with E-state index in [2.05, 4.69) is 9.97 Å². The second-order valence-electron chi connectivity index (χ2n) is 4.55. The van der Waals surface area contributed by atoms with E-state index in [0.29, 0.717) is 15.6 Å². The molecule has 0 fully saturated rings. The van der Waals surface area contributed by atoms with Crippen LogP contribution in [0.1, 0.15) is 17.0 Å². The van der Waals surface area contributed by atoms with Gasteiger partial charge in [0.1, 0.15) is 11.6 Å². The zero-order valence-electron chi connectivity index (χ0n) is 10.9. The summed E-state index contributed by atoms with van der Waals surface area (Å²) in [5.74, 6) is -0.749. The zero-order valence-corrected chi connectivity index (χ0v) is 12.4. The number of nitrogens with two attached hydrogens (primary N) is 1. The minimum atomic E-state index is -0.721. The normalized spacial score (nSPS) is 16.7. The van der Waals surface area contributed by atoms with Gasteiger partial charge >= 0.3 is 0 Å². The van der Waals surface area contributed by atoms with Gasteiger partial charge in [0.25, 0.3) is 5.56 Å². The fraction of sp³-hybridized carbons (Fsp3) is 0.0714. The van der Waals surface area contributed by atoms with E-state index in [1.807, 2.05) is 6.07 Å². The Morgan fingerprint density at radius 3 is 2.82 bits per heavy atom. The fourth-order valence-electron chi connectivity index (χ4n) is 2.32. The first-order valence-corrected chi connectivity index (χ1v) is 6.88. The highest BCUT2D eigenvalue weighted by atomic mass is 35.5. The number of hydrogen-bond acceptors (Lipinski definition) is 5. The number of nitriles is 1. The standard InChI is InChI=1S/C14H8Cl2N4O2/c15-8-2-1-6(3-9(8)16)10-7(4-17)12(18)22-14-11(10)13(21)19-5-20-14/h1-3,5,10H,18H2,(H,19,20,21). The first-order chi connectivity index (χ1) is 10.5. The first kappa shape index (κ1) is 14.4. The summed E-state index contributed by atoms with van der Waals surface area (Å²) in [4.78, 5) is 18.6.